The Kier molecular flexibility index (Phi) is 28.5. The SMILES string of the molecule is [Ir+3].[Ir+3].[c-]1cc(-c2ccc(-c3ccc4c(c3)c3ccccc3n4-c3ccccc3)cc2)ccc1-c1ccccn1.[c-]1cc(/C=C/c2ccc3c(c2)c2ccccc2n3-c2ccccc2)ccc1-c1ccccn1.[c-]1ccccc1-c1ccccn1.[c-]1ccccc1-c1ccccn1.[c-]1ccccc1-c1ccccn1.[c-]1ccccc1-c1ccccn1. The van der Waals surface area contributed by atoms with E-state index in [4.69, 9.17) is 0 Å². The number of nitrogens with zero attached hydrogens (tertiary/aromatic N) is 8. The van der Waals surface area contributed by atoms with E-state index in [1.807, 2.05) is 231 Å². The molecule has 8 heterocycles. The van der Waals surface area contributed by atoms with E-state index in [9.17, 15) is 0 Å². The molecule has 21 rings (SSSR count). The summed E-state index contributed by atoms with van der Waals surface area (Å²) in [4.78, 5) is 25.7. The molecule has 0 aliphatic rings. The first kappa shape index (κ1) is 81.9. The largest absolute Gasteiger partial charge is 3.00 e. The van der Waals surface area contributed by atoms with Gasteiger partial charge in [-0.1, -0.05) is 205 Å². The maximum Gasteiger partial charge on any atom is 3.00 e. The molecular formula is C110H76Ir2N8. The topological polar surface area (TPSA) is 87.2 Å². The fourth-order valence-electron chi connectivity index (χ4n) is 13.8. The third-order valence-electron chi connectivity index (χ3n) is 19.5. The predicted octanol–water partition coefficient (Wildman–Crippen LogP) is 27.0. The van der Waals surface area contributed by atoms with E-state index in [-0.39, 0.29) is 40.2 Å². The second-order valence-electron chi connectivity index (χ2n) is 27.2. The van der Waals surface area contributed by atoms with E-state index in [2.05, 4.69) is 282 Å². The maximum absolute atomic E-state index is 4.42. The van der Waals surface area contributed by atoms with Gasteiger partial charge in [-0.15, -0.1) is 209 Å². The Bertz CT molecular complexity index is 6240. The van der Waals surface area contributed by atoms with Gasteiger partial charge in [-0.25, -0.2) is 0 Å². The van der Waals surface area contributed by atoms with Crippen molar-refractivity contribution in [2.24, 2.45) is 0 Å². The van der Waals surface area contributed by atoms with Crippen LogP contribution in [-0.2, 0) is 40.2 Å². The summed E-state index contributed by atoms with van der Waals surface area (Å²) in [5, 5.41) is 5.05. The van der Waals surface area contributed by atoms with Crippen molar-refractivity contribution in [3.8, 4) is 101 Å². The Labute approximate surface area is 727 Å². The summed E-state index contributed by atoms with van der Waals surface area (Å²) < 4.78 is 4.69. The van der Waals surface area contributed by atoms with Gasteiger partial charge in [-0.3, -0.25) is 0 Å². The van der Waals surface area contributed by atoms with Crippen LogP contribution in [0.1, 0.15) is 11.1 Å². The van der Waals surface area contributed by atoms with Crippen LogP contribution in [0.3, 0.4) is 0 Å². The van der Waals surface area contributed by atoms with Crippen molar-refractivity contribution in [2.45, 2.75) is 0 Å². The molecule has 0 saturated heterocycles. The Balaban J connectivity index is 0.000000127. The second kappa shape index (κ2) is 41.8. The number of hydrogen-bond acceptors (Lipinski definition) is 6. The van der Waals surface area contributed by atoms with Gasteiger partial charge in [-0.05, 0) is 148 Å². The van der Waals surface area contributed by atoms with Crippen LogP contribution in [-0.4, -0.2) is 39.0 Å². The van der Waals surface area contributed by atoms with Crippen molar-refractivity contribution in [1.29, 1.82) is 0 Å². The number of aromatic nitrogens is 8. The zero-order chi connectivity index (χ0) is 79.5. The van der Waals surface area contributed by atoms with Crippen LogP contribution in [0, 0.1) is 36.4 Å². The van der Waals surface area contributed by atoms with Crippen molar-refractivity contribution in [3.05, 3.63) is 497 Å². The third-order valence-corrected chi connectivity index (χ3v) is 19.5. The van der Waals surface area contributed by atoms with Gasteiger partial charge in [0, 0.05) is 70.1 Å². The number of rotatable bonds is 12. The molecule has 574 valence electrons. The molecule has 0 fully saturated rings. The zero-order valence-electron chi connectivity index (χ0n) is 65.1. The molecule has 0 aliphatic carbocycles. The number of para-hydroxylation sites is 4. The Morgan fingerprint density at radius 1 is 0.200 bits per heavy atom. The zero-order valence-corrected chi connectivity index (χ0v) is 69.9. The molecular weight excluding hydrogens is 1820 g/mol. The van der Waals surface area contributed by atoms with Gasteiger partial charge in [0.25, 0.3) is 0 Å². The minimum Gasteiger partial charge on any atom is -0.309 e. The normalized spacial score (nSPS) is 10.5. The number of hydrogen-bond donors (Lipinski definition) is 0. The second-order valence-corrected chi connectivity index (χ2v) is 27.2. The monoisotopic (exact) mass is 1890 g/mol. The van der Waals surface area contributed by atoms with E-state index in [1.54, 1.807) is 24.8 Å². The molecule has 0 saturated carbocycles. The molecule has 0 spiro atoms. The van der Waals surface area contributed by atoms with Gasteiger partial charge in [0.1, 0.15) is 0 Å². The van der Waals surface area contributed by atoms with E-state index in [0.717, 1.165) is 78.7 Å². The molecule has 13 aromatic carbocycles. The average molecular weight is 1890 g/mol. The number of benzene rings is 13. The molecule has 21 aromatic rings. The minimum absolute atomic E-state index is 0. The van der Waals surface area contributed by atoms with Crippen molar-refractivity contribution >= 4 is 55.8 Å². The van der Waals surface area contributed by atoms with Crippen LogP contribution in [0.5, 0.6) is 0 Å². The predicted molar refractivity (Wildman–Crippen MR) is 486 cm³/mol. The molecule has 0 N–H and O–H groups in total. The molecule has 8 aromatic heterocycles. The maximum atomic E-state index is 4.42. The van der Waals surface area contributed by atoms with Crippen LogP contribution >= 0.6 is 0 Å². The molecule has 0 atom stereocenters. The van der Waals surface area contributed by atoms with Crippen LogP contribution in [0.15, 0.2) is 450 Å². The Hall–Kier alpha value is -14.6. The minimum atomic E-state index is 0. The van der Waals surface area contributed by atoms with Gasteiger partial charge >= 0.3 is 40.2 Å². The van der Waals surface area contributed by atoms with Gasteiger partial charge in [0.15, 0.2) is 0 Å². The van der Waals surface area contributed by atoms with Crippen molar-refractivity contribution in [1.82, 2.24) is 39.0 Å². The molecule has 0 unspecified atom stereocenters. The standard InChI is InChI=1S/C35H23N2.C31H21N2.4C11H8N.2Ir/c1-2-8-30(9-3-1)37-34-12-5-4-10-31(34)32-24-29(21-22-35(32)37)27-15-13-25(14-16-27)26-17-19-28(20-18-26)33-11-6-7-23-36-33;1-2-8-26(9-3-1)33-30-12-5-4-10-27(30)28-22-24(17-20-31(28)33)14-13-23-15-18-25(19-16-23)29-11-6-7-21-32-29;4*1-2-6-10(7-3-1)11-8-4-5-9-12-11;;/h1-19,21-24H;1-18,20-22H;4*1-6,8-9H;;/q6*-1;2*+3/b;14-13+;;;;;;. The third kappa shape index (κ3) is 20.8. The first-order valence-corrected chi connectivity index (χ1v) is 38.9. The first-order valence-electron chi connectivity index (χ1n) is 38.9. The molecule has 8 nitrogen and oxygen atoms in total. The fraction of sp³-hybridized carbons (Fsp3) is 0. The molecule has 0 radical (unpaired) electrons. The summed E-state index contributed by atoms with van der Waals surface area (Å²) >= 11 is 0. The quantitative estimate of drug-likeness (QED) is 0.0895. The van der Waals surface area contributed by atoms with Crippen LogP contribution in [0.25, 0.3) is 157 Å². The summed E-state index contributed by atoms with van der Waals surface area (Å²) in [6, 6.07) is 159. The van der Waals surface area contributed by atoms with Crippen LogP contribution in [0.2, 0.25) is 0 Å². The molecule has 10 heteroatoms. The summed E-state index contributed by atoms with van der Waals surface area (Å²) in [5.41, 5.74) is 26.2. The molecule has 0 amide bonds. The Morgan fingerprint density at radius 2 is 0.492 bits per heavy atom. The summed E-state index contributed by atoms with van der Waals surface area (Å²) in [7, 11) is 0. The Morgan fingerprint density at radius 3 is 0.842 bits per heavy atom. The summed E-state index contributed by atoms with van der Waals surface area (Å²) in [6.07, 6.45) is 15.1. The van der Waals surface area contributed by atoms with E-state index in [0.29, 0.717) is 0 Å². The average Bonchev–Trinajstić information content (AvgIpc) is 1.60. The van der Waals surface area contributed by atoms with Crippen LogP contribution < -0.4 is 0 Å². The van der Waals surface area contributed by atoms with E-state index < -0.39 is 0 Å². The first-order chi connectivity index (χ1) is 58.6. The van der Waals surface area contributed by atoms with Gasteiger partial charge < -0.3 is 39.0 Å². The van der Waals surface area contributed by atoms with E-state index in [1.165, 1.54) is 77.2 Å². The molecule has 120 heavy (non-hydrogen) atoms. The van der Waals surface area contributed by atoms with Crippen LogP contribution in [0.4, 0.5) is 0 Å². The summed E-state index contributed by atoms with van der Waals surface area (Å²) in [6.45, 7) is 0. The smallest absolute Gasteiger partial charge is 0.309 e. The molecule has 0 aliphatic heterocycles. The van der Waals surface area contributed by atoms with E-state index >= 15 is 0 Å². The van der Waals surface area contributed by atoms with Gasteiger partial charge in [0.05, 0.1) is 22.1 Å². The van der Waals surface area contributed by atoms with Crippen molar-refractivity contribution < 1.29 is 40.2 Å². The van der Waals surface area contributed by atoms with Gasteiger partial charge in [-0.2, -0.15) is 0 Å². The van der Waals surface area contributed by atoms with Crippen molar-refractivity contribution in [3.63, 3.8) is 0 Å². The fourth-order valence-corrected chi connectivity index (χ4v) is 13.8. The summed E-state index contributed by atoms with van der Waals surface area (Å²) in [5.74, 6) is 0. The number of pyridine rings is 6. The number of fused-ring (bicyclic) bond motifs is 6. The van der Waals surface area contributed by atoms with Crippen molar-refractivity contribution in [2.75, 3.05) is 0 Å². The molecule has 0 bridgehead atoms. The van der Waals surface area contributed by atoms with Gasteiger partial charge in [0.2, 0.25) is 0 Å².